The minimum Gasteiger partial charge on any atom is -0.311 e. The standard InChI is InChI=1S/C15H21BrN2O/c1-4-17-13-6-5-7-18(15(13)19)14-10(2)8-12(16)9-11(14)3/h8-9,13,17H,4-7H2,1-3H3. The van der Waals surface area contributed by atoms with Gasteiger partial charge in [-0.25, -0.2) is 0 Å². The average molecular weight is 325 g/mol. The number of carbonyl (C=O) groups is 1. The van der Waals surface area contributed by atoms with Gasteiger partial charge in [-0.2, -0.15) is 0 Å². The highest BCUT2D eigenvalue weighted by atomic mass is 79.9. The van der Waals surface area contributed by atoms with E-state index >= 15 is 0 Å². The highest BCUT2D eigenvalue weighted by Gasteiger charge is 2.30. The number of aryl methyl sites for hydroxylation is 2. The van der Waals surface area contributed by atoms with Gasteiger partial charge in [-0.3, -0.25) is 4.79 Å². The summed E-state index contributed by atoms with van der Waals surface area (Å²) in [5, 5.41) is 3.28. The summed E-state index contributed by atoms with van der Waals surface area (Å²) in [5.41, 5.74) is 3.38. The fourth-order valence-corrected chi connectivity index (χ4v) is 3.55. The van der Waals surface area contributed by atoms with Gasteiger partial charge in [0.05, 0.1) is 6.04 Å². The van der Waals surface area contributed by atoms with Crippen LogP contribution in [0.3, 0.4) is 0 Å². The normalized spacial score (nSPS) is 19.9. The molecule has 1 fully saturated rings. The van der Waals surface area contributed by atoms with Crippen molar-refractivity contribution in [3.63, 3.8) is 0 Å². The molecule has 1 aromatic rings. The van der Waals surface area contributed by atoms with E-state index in [1.165, 1.54) is 0 Å². The first-order chi connectivity index (χ1) is 9.04. The van der Waals surface area contributed by atoms with Crippen LogP contribution in [0.5, 0.6) is 0 Å². The van der Waals surface area contributed by atoms with Crippen molar-refractivity contribution in [2.24, 2.45) is 0 Å². The maximum atomic E-state index is 12.6. The Hall–Kier alpha value is -0.870. The Morgan fingerprint density at radius 3 is 2.58 bits per heavy atom. The third kappa shape index (κ3) is 3.00. The van der Waals surface area contributed by atoms with E-state index in [0.717, 1.165) is 47.2 Å². The smallest absolute Gasteiger partial charge is 0.244 e. The van der Waals surface area contributed by atoms with Crippen LogP contribution in [-0.2, 0) is 4.79 Å². The van der Waals surface area contributed by atoms with Crippen molar-refractivity contribution >= 4 is 27.5 Å². The number of anilines is 1. The first-order valence-corrected chi connectivity index (χ1v) is 7.65. The number of halogens is 1. The number of rotatable bonds is 3. The van der Waals surface area contributed by atoms with Crippen LogP contribution in [0.2, 0.25) is 0 Å². The fourth-order valence-electron chi connectivity index (χ4n) is 2.86. The van der Waals surface area contributed by atoms with Gasteiger partial charge in [0.25, 0.3) is 0 Å². The molecule has 4 heteroatoms. The van der Waals surface area contributed by atoms with E-state index in [9.17, 15) is 4.79 Å². The topological polar surface area (TPSA) is 32.3 Å². The maximum Gasteiger partial charge on any atom is 0.244 e. The summed E-state index contributed by atoms with van der Waals surface area (Å²) < 4.78 is 1.07. The largest absolute Gasteiger partial charge is 0.311 e. The van der Waals surface area contributed by atoms with Crippen molar-refractivity contribution in [2.75, 3.05) is 18.0 Å². The summed E-state index contributed by atoms with van der Waals surface area (Å²) in [5.74, 6) is 0.210. The molecular formula is C15H21BrN2O. The second-order valence-electron chi connectivity index (χ2n) is 5.13. The number of carbonyl (C=O) groups excluding carboxylic acids is 1. The van der Waals surface area contributed by atoms with Crippen LogP contribution < -0.4 is 10.2 Å². The van der Waals surface area contributed by atoms with E-state index in [-0.39, 0.29) is 11.9 Å². The van der Waals surface area contributed by atoms with Crippen LogP contribution >= 0.6 is 15.9 Å². The molecule has 2 rings (SSSR count). The van der Waals surface area contributed by atoms with Crippen LogP contribution in [0, 0.1) is 13.8 Å². The Morgan fingerprint density at radius 1 is 1.37 bits per heavy atom. The fraction of sp³-hybridized carbons (Fsp3) is 0.533. The van der Waals surface area contributed by atoms with Crippen LogP contribution in [0.1, 0.15) is 30.9 Å². The predicted octanol–water partition coefficient (Wildman–Crippen LogP) is 3.17. The van der Waals surface area contributed by atoms with Gasteiger partial charge in [0.2, 0.25) is 5.91 Å². The van der Waals surface area contributed by atoms with Crippen molar-refractivity contribution in [3.8, 4) is 0 Å². The molecule has 0 bridgehead atoms. The van der Waals surface area contributed by atoms with Crippen LogP contribution in [0.15, 0.2) is 16.6 Å². The summed E-state index contributed by atoms with van der Waals surface area (Å²) in [6.07, 6.45) is 2.00. The number of likely N-dealkylation sites (N-methyl/N-ethyl adjacent to an activating group) is 1. The second-order valence-corrected chi connectivity index (χ2v) is 6.05. The zero-order chi connectivity index (χ0) is 14.0. The minimum absolute atomic E-state index is 0.0267. The molecule has 104 valence electrons. The molecule has 1 unspecified atom stereocenters. The molecule has 0 aromatic heterocycles. The summed E-state index contributed by atoms with van der Waals surface area (Å²) in [6.45, 7) is 7.84. The number of nitrogens with one attached hydrogen (secondary N) is 1. The molecule has 0 spiro atoms. The van der Waals surface area contributed by atoms with E-state index in [2.05, 4.69) is 47.2 Å². The molecule has 1 heterocycles. The molecule has 19 heavy (non-hydrogen) atoms. The van der Waals surface area contributed by atoms with E-state index < -0.39 is 0 Å². The third-order valence-corrected chi connectivity index (χ3v) is 4.07. The van der Waals surface area contributed by atoms with Gasteiger partial charge >= 0.3 is 0 Å². The predicted molar refractivity (Wildman–Crippen MR) is 82.7 cm³/mol. The number of nitrogens with zero attached hydrogens (tertiary/aromatic N) is 1. The monoisotopic (exact) mass is 324 g/mol. The van der Waals surface area contributed by atoms with Gasteiger partial charge in [0, 0.05) is 16.7 Å². The third-order valence-electron chi connectivity index (χ3n) is 3.61. The van der Waals surface area contributed by atoms with Crippen molar-refractivity contribution < 1.29 is 4.79 Å². The van der Waals surface area contributed by atoms with Crippen LogP contribution in [-0.4, -0.2) is 25.0 Å². The van der Waals surface area contributed by atoms with Gasteiger partial charge in [-0.05, 0) is 56.5 Å². The summed E-state index contributed by atoms with van der Waals surface area (Å²) in [6, 6.07) is 4.13. The first kappa shape index (κ1) is 14.5. The molecule has 1 atom stereocenters. The molecule has 1 aliphatic heterocycles. The maximum absolute atomic E-state index is 12.6. The molecule has 3 nitrogen and oxygen atoms in total. The van der Waals surface area contributed by atoms with Crippen molar-refractivity contribution in [3.05, 3.63) is 27.7 Å². The molecule has 1 aliphatic rings. The quantitative estimate of drug-likeness (QED) is 0.926. The van der Waals surface area contributed by atoms with Gasteiger partial charge < -0.3 is 10.2 Å². The van der Waals surface area contributed by atoms with Gasteiger partial charge in [0.15, 0.2) is 0 Å². The van der Waals surface area contributed by atoms with E-state index in [1.54, 1.807) is 0 Å². The minimum atomic E-state index is -0.0267. The Morgan fingerprint density at radius 2 is 2.00 bits per heavy atom. The van der Waals surface area contributed by atoms with Gasteiger partial charge in [0.1, 0.15) is 0 Å². The summed E-state index contributed by atoms with van der Waals surface area (Å²) in [7, 11) is 0. The van der Waals surface area contributed by atoms with Crippen molar-refractivity contribution in [1.29, 1.82) is 0 Å². The number of amides is 1. The second kappa shape index (κ2) is 6.06. The first-order valence-electron chi connectivity index (χ1n) is 6.86. The summed E-state index contributed by atoms with van der Waals surface area (Å²) in [4.78, 5) is 14.5. The lowest BCUT2D eigenvalue weighted by Crippen LogP contribution is -2.51. The number of hydrogen-bond donors (Lipinski definition) is 1. The highest BCUT2D eigenvalue weighted by molar-refractivity contribution is 9.10. The Balaban J connectivity index is 2.33. The Labute approximate surface area is 123 Å². The van der Waals surface area contributed by atoms with Crippen molar-refractivity contribution in [1.82, 2.24) is 5.32 Å². The zero-order valence-corrected chi connectivity index (χ0v) is 13.4. The lowest BCUT2D eigenvalue weighted by Gasteiger charge is -2.34. The lowest BCUT2D eigenvalue weighted by molar-refractivity contribution is -0.121. The molecule has 0 radical (unpaired) electrons. The van der Waals surface area contributed by atoms with E-state index in [0.29, 0.717) is 0 Å². The van der Waals surface area contributed by atoms with E-state index in [1.807, 2.05) is 11.8 Å². The molecular weight excluding hydrogens is 304 g/mol. The van der Waals surface area contributed by atoms with Gasteiger partial charge in [-0.1, -0.05) is 22.9 Å². The molecule has 0 saturated carbocycles. The lowest BCUT2D eigenvalue weighted by atomic mass is 10.0. The zero-order valence-electron chi connectivity index (χ0n) is 11.8. The number of hydrogen-bond acceptors (Lipinski definition) is 2. The Bertz CT molecular complexity index is 462. The molecule has 0 aliphatic carbocycles. The molecule has 1 amide bonds. The number of benzene rings is 1. The van der Waals surface area contributed by atoms with E-state index in [4.69, 9.17) is 0 Å². The van der Waals surface area contributed by atoms with Crippen LogP contribution in [0.4, 0.5) is 5.69 Å². The van der Waals surface area contributed by atoms with Crippen molar-refractivity contribution in [2.45, 2.75) is 39.7 Å². The van der Waals surface area contributed by atoms with Crippen LogP contribution in [0.25, 0.3) is 0 Å². The molecule has 1 saturated heterocycles. The average Bonchev–Trinajstić information content (AvgIpc) is 2.32. The molecule has 1 aromatic carbocycles. The van der Waals surface area contributed by atoms with Gasteiger partial charge in [-0.15, -0.1) is 0 Å². The highest BCUT2D eigenvalue weighted by Crippen LogP contribution is 2.31. The Kier molecular flexibility index (Phi) is 4.63. The summed E-state index contributed by atoms with van der Waals surface area (Å²) >= 11 is 3.51. The SMILES string of the molecule is CCNC1CCCN(c2c(C)cc(Br)cc2C)C1=O. The molecule has 1 N–H and O–H groups in total. The number of piperidine rings is 1.